The highest BCUT2D eigenvalue weighted by atomic mass is 16.6. The summed E-state index contributed by atoms with van der Waals surface area (Å²) >= 11 is 0. The van der Waals surface area contributed by atoms with Crippen LogP contribution in [0.1, 0.15) is 31.9 Å². The third-order valence-corrected chi connectivity index (χ3v) is 3.21. The van der Waals surface area contributed by atoms with Crippen LogP contribution in [0, 0.1) is 0 Å². The topological polar surface area (TPSA) is 82.4 Å². The Labute approximate surface area is 123 Å². The summed E-state index contributed by atoms with van der Waals surface area (Å²) in [5.74, 6) is 0. The Balaban J connectivity index is 1.99. The summed E-state index contributed by atoms with van der Waals surface area (Å²) in [6.45, 7) is 5.82. The first-order chi connectivity index (χ1) is 9.73. The fourth-order valence-corrected chi connectivity index (χ4v) is 2.17. The molecule has 2 N–H and O–H groups in total. The van der Waals surface area contributed by atoms with E-state index in [-0.39, 0.29) is 13.1 Å². The van der Waals surface area contributed by atoms with Crippen LogP contribution in [-0.4, -0.2) is 46.2 Å². The number of carbonyl (C=O) groups excluding carboxylic acids is 1. The van der Waals surface area contributed by atoms with Crippen LogP contribution in [0.5, 0.6) is 0 Å². The van der Waals surface area contributed by atoms with Crippen LogP contribution in [-0.2, 0) is 10.3 Å². The minimum atomic E-state index is -1.05. The SMILES string of the molecule is CC(C)(C)OC(=O)N1CC(O)(c2ccc(/C=N/O)cc2)C1. The molecule has 1 aliphatic heterocycles. The summed E-state index contributed by atoms with van der Waals surface area (Å²) < 4.78 is 5.25. The van der Waals surface area contributed by atoms with Crippen LogP contribution in [0.3, 0.4) is 0 Å². The first-order valence-electron chi connectivity index (χ1n) is 6.72. The van der Waals surface area contributed by atoms with Gasteiger partial charge in [0.15, 0.2) is 0 Å². The molecule has 0 saturated carbocycles. The van der Waals surface area contributed by atoms with Crippen molar-refractivity contribution in [1.29, 1.82) is 0 Å². The maximum Gasteiger partial charge on any atom is 0.410 e. The Bertz CT molecular complexity index is 540. The van der Waals surface area contributed by atoms with E-state index < -0.39 is 17.3 Å². The fraction of sp³-hybridized carbons (Fsp3) is 0.467. The first kappa shape index (κ1) is 15.3. The molecule has 1 saturated heterocycles. The van der Waals surface area contributed by atoms with Gasteiger partial charge in [-0.3, -0.25) is 0 Å². The van der Waals surface area contributed by atoms with Crippen LogP contribution in [0.2, 0.25) is 0 Å². The number of rotatable bonds is 2. The number of hydrogen-bond acceptors (Lipinski definition) is 5. The van der Waals surface area contributed by atoms with Crippen molar-refractivity contribution >= 4 is 12.3 Å². The second-order valence-corrected chi connectivity index (χ2v) is 6.23. The zero-order valence-electron chi connectivity index (χ0n) is 12.4. The molecule has 0 atom stereocenters. The Kier molecular flexibility index (Phi) is 3.91. The van der Waals surface area contributed by atoms with E-state index in [0.29, 0.717) is 0 Å². The Morgan fingerprint density at radius 1 is 1.33 bits per heavy atom. The van der Waals surface area contributed by atoms with E-state index in [1.165, 1.54) is 11.1 Å². The average Bonchev–Trinajstić information content (AvgIpc) is 2.34. The first-order valence-corrected chi connectivity index (χ1v) is 6.72. The molecule has 21 heavy (non-hydrogen) atoms. The van der Waals surface area contributed by atoms with Crippen molar-refractivity contribution in [1.82, 2.24) is 4.90 Å². The molecule has 6 heteroatoms. The number of nitrogens with zero attached hydrogens (tertiary/aromatic N) is 2. The molecule has 1 heterocycles. The molecule has 0 bridgehead atoms. The zero-order chi connectivity index (χ0) is 15.7. The van der Waals surface area contributed by atoms with E-state index in [1.807, 2.05) is 0 Å². The summed E-state index contributed by atoms with van der Waals surface area (Å²) in [4.78, 5) is 13.3. The highest BCUT2D eigenvalue weighted by molar-refractivity contribution is 5.79. The number of oxime groups is 1. The van der Waals surface area contributed by atoms with Crippen molar-refractivity contribution < 1.29 is 19.8 Å². The molecule has 0 aliphatic carbocycles. The van der Waals surface area contributed by atoms with E-state index in [1.54, 1.807) is 45.0 Å². The molecule has 114 valence electrons. The van der Waals surface area contributed by atoms with Gasteiger partial charge in [-0.05, 0) is 31.9 Å². The summed E-state index contributed by atoms with van der Waals surface area (Å²) in [7, 11) is 0. The van der Waals surface area contributed by atoms with Gasteiger partial charge in [0, 0.05) is 0 Å². The van der Waals surface area contributed by atoms with Crippen LogP contribution >= 0.6 is 0 Å². The second kappa shape index (κ2) is 5.37. The smallest absolute Gasteiger partial charge is 0.410 e. The van der Waals surface area contributed by atoms with Crippen molar-refractivity contribution in [2.75, 3.05) is 13.1 Å². The summed E-state index contributed by atoms with van der Waals surface area (Å²) in [6.07, 6.45) is 0.887. The van der Waals surface area contributed by atoms with E-state index >= 15 is 0 Å². The Morgan fingerprint density at radius 3 is 2.38 bits per heavy atom. The van der Waals surface area contributed by atoms with Crippen molar-refractivity contribution in [3.05, 3.63) is 35.4 Å². The molecule has 1 aromatic carbocycles. The van der Waals surface area contributed by atoms with Crippen LogP contribution in [0.4, 0.5) is 4.79 Å². The molecule has 1 aromatic rings. The van der Waals surface area contributed by atoms with E-state index in [4.69, 9.17) is 9.94 Å². The number of ether oxygens (including phenoxy) is 1. The van der Waals surface area contributed by atoms with Gasteiger partial charge < -0.3 is 20.0 Å². The van der Waals surface area contributed by atoms with Gasteiger partial charge in [0.2, 0.25) is 0 Å². The molecular weight excluding hydrogens is 272 g/mol. The van der Waals surface area contributed by atoms with E-state index in [0.717, 1.165) is 11.1 Å². The Hall–Kier alpha value is -2.08. The minimum Gasteiger partial charge on any atom is -0.444 e. The summed E-state index contributed by atoms with van der Waals surface area (Å²) in [5.41, 5.74) is -0.146. The van der Waals surface area contributed by atoms with Gasteiger partial charge in [-0.1, -0.05) is 29.4 Å². The molecular formula is C15H20N2O4. The van der Waals surface area contributed by atoms with E-state index in [2.05, 4.69) is 5.16 Å². The molecule has 0 spiro atoms. The normalized spacial score (nSPS) is 17.6. The standard InChI is InChI=1S/C15H20N2O4/c1-14(2,3)21-13(18)17-9-15(19,10-17)12-6-4-11(5-7-12)8-16-20/h4-8,19-20H,9-10H2,1-3H3/b16-8+. The zero-order valence-corrected chi connectivity index (χ0v) is 12.4. The summed E-state index contributed by atoms with van der Waals surface area (Å²) in [5, 5.41) is 21.9. The lowest BCUT2D eigenvalue weighted by molar-refractivity contribution is -0.103. The third-order valence-electron chi connectivity index (χ3n) is 3.21. The maximum absolute atomic E-state index is 11.8. The molecule has 0 aromatic heterocycles. The lowest BCUT2D eigenvalue weighted by Crippen LogP contribution is -2.61. The van der Waals surface area contributed by atoms with Gasteiger partial charge in [0.05, 0.1) is 19.3 Å². The molecule has 1 fully saturated rings. The molecule has 0 radical (unpaired) electrons. The number of carbonyl (C=O) groups is 1. The van der Waals surface area contributed by atoms with Crippen LogP contribution < -0.4 is 0 Å². The number of amides is 1. The van der Waals surface area contributed by atoms with Gasteiger partial charge in [-0.15, -0.1) is 0 Å². The second-order valence-electron chi connectivity index (χ2n) is 6.23. The molecule has 6 nitrogen and oxygen atoms in total. The fourth-order valence-electron chi connectivity index (χ4n) is 2.17. The van der Waals surface area contributed by atoms with Crippen molar-refractivity contribution in [2.45, 2.75) is 32.0 Å². The van der Waals surface area contributed by atoms with Gasteiger partial charge >= 0.3 is 6.09 Å². The van der Waals surface area contributed by atoms with Gasteiger partial charge in [-0.2, -0.15) is 0 Å². The monoisotopic (exact) mass is 292 g/mol. The summed E-state index contributed by atoms with van der Waals surface area (Å²) in [6, 6.07) is 6.99. The predicted molar refractivity (Wildman–Crippen MR) is 77.5 cm³/mol. The van der Waals surface area contributed by atoms with Gasteiger partial charge in [0.1, 0.15) is 11.2 Å². The predicted octanol–water partition coefficient (Wildman–Crippen LogP) is 1.93. The molecule has 0 unspecified atom stereocenters. The average molecular weight is 292 g/mol. The minimum absolute atomic E-state index is 0.204. The number of aliphatic hydroxyl groups is 1. The lowest BCUT2D eigenvalue weighted by Gasteiger charge is -2.46. The molecule has 2 rings (SSSR count). The van der Waals surface area contributed by atoms with Crippen molar-refractivity contribution in [3.8, 4) is 0 Å². The van der Waals surface area contributed by atoms with Gasteiger partial charge in [-0.25, -0.2) is 4.79 Å². The Morgan fingerprint density at radius 2 is 1.90 bits per heavy atom. The number of likely N-dealkylation sites (tertiary alicyclic amines) is 1. The largest absolute Gasteiger partial charge is 0.444 e. The maximum atomic E-state index is 11.8. The van der Waals surface area contributed by atoms with E-state index in [9.17, 15) is 9.90 Å². The van der Waals surface area contributed by atoms with Crippen molar-refractivity contribution in [3.63, 3.8) is 0 Å². The highest BCUT2D eigenvalue weighted by Crippen LogP contribution is 2.32. The van der Waals surface area contributed by atoms with Gasteiger partial charge in [0.25, 0.3) is 0 Å². The lowest BCUT2D eigenvalue weighted by atomic mass is 9.86. The number of benzene rings is 1. The third kappa shape index (κ3) is 3.52. The highest BCUT2D eigenvalue weighted by Gasteiger charge is 2.46. The van der Waals surface area contributed by atoms with Crippen molar-refractivity contribution in [2.24, 2.45) is 5.16 Å². The number of hydrogen-bond donors (Lipinski definition) is 2. The van der Waals surface area contributed by atoms with Crippen LogP contribution in [0.15, 0.2) is 29.4 Å². The molecule has 1 aliphatic rings. The quantitative estimate of drug-likeness (QED) is 0.496. The van der Waals surface area contributed by atoms with Crippen LogP contribution in [0.25, 0.3) is 0 Å². The molecule has 1 amide bonds. The number of β-amino-alcohol motifs (C(OH)–C–C–N with tert-alkyl or cyclic N) is 1.